The number of carbonyl (C=O) groups is 3. The predicted octanol–water partition coefficient (Wildman–Crippen LogP) is 2.56. The Bertz CT molecular complexity index is 766. The van der Waals surface area contributed by atoms with Crippen LogP contribution in [0.4, 0.5) is 5.69 Å². The maximum Gasteiger partial charge on any atom is 0.338 e. The molecule has 0 radical (unpaired) electrons. The average Bonchev–Trinajstić information content (AvgIpc) is 3.20. The van der Waals surface area contributed by atoms with E-state index in [1.54, 1.807) is 31.2 Å². The summed E-state index contributed by atoms with van der Waals surface area (Å²) in [6, 6.07) is 6.47. The molecule has 1 saturated carbocycles. The topological polar surface area (TPSA) is 63.7 Å². The van der Waals surface area contributed by atoms with Gasteiger partial charge >= 0.3 is 5.97 Å². The summed E-state index contributed by atoms with van der Waals surface area (Å²) in [6.07, 6.45) is 5.06. The van der Waals surface area contributed by atoms with Gasteiger partial charge in [-0.3, -0.25) is 9.59 Å². The number of fused-ring (bicyclic) bond motifs is 5. The average molecular weight is 325 g/mol. The maximum absolute atomic E-state index is 13.0. The van der Waals surface area contributed by atoms with E-state index in [0.29, 0.717) is 17.9 Å². The van der Waals surface area contributed by atoms with Crippen molar-refractivity contribution in [3.63, 3.8) is 0 Å². The Labute approximate surface area is 140 Å². The first-order valence-electron chi connectivity index (χ1n) is 8.32. The lowest BCUT2D eigenvalue weighted by Gasteiger charge is -2.28. The van der Waals surface area contributed by atoms with Gasteiger partial charge in [0.2, 0.25) is 11.8 Å². The number of amides is 2. The van der Waals surface area contributed by atoms with E-state index in [2.05, 4.69) is 12.2 Å². The van der Waals surface area contributed by atoms with Crippen molar-refractivity contribution in [1.82, 2.24) is 0 Å². The van der Waals surface area contributed by atoms with E-state index in [-0.39, 0.29) is 29.6 Å². The number of benzene rings is 1. The number of carbonyl (C=O) groups excluding carboxylic acids is 3. The largest absolute Gasteiger partial charge is 0.462 e. The normalized spacial score (nSPS) is 33.2. The Morgan fingerprint density at radius 2 is 1.96 bits per heavy atom. The van der Waals surface area contributed by atoms with Crippen LogP contribution < -0.4 is 4.90 Å². The number of allylic oxidation sites excluding steroid dienone is 2. The first-order chi connectivity index (χ1) is 11.5. The SMILES string of the molecule is CCOC(=O)c1ccc(N2C(=O)[C@H]3[C@H]4C=C[C@@H](C4)[C@]3(C)C2=O)cc1. The minimum absolute atomic E-state index is 0.122. The Morgan fingerprint density at radius 3 is 2.58 bits per heavy atom. The van der Waals surface area contributed by atoms with Gasteiger partial charge in [0, 0.05) is 0 Å². The Balaban J connectivity index is 1.65. The smallest absolute Gasteiger partial charge is 0.338 e. The van der Waals surface area contributed by atoms with Crippen LogP contribution in [-0.4, -0.2) is 24.4 Å². The number of hydrogen-bond acceptors (Lipinski definition) is 4. The lowest BCUT2D eigenvalue weighted by atomic mass is 9.71. The zero-order valence-electron chi connectivity index (χ0n) is 13.7. The Morgan fingerprint density at radius 1 is 1.25 bits per heavy atom. The molecule has 0 unspecified atom stereocenters. The quantitative estimate of drug-likeness (QED) is 0.487. The molecule has 1 heterocycles. The molecular formula is C19H19NO4. The minimum Gasteiger partial charge on any atom is -0.462 e. The molecule has 3 aliphatic rings. The zero-order valence-corrected chi connectivity index (χ0v) is 13.7. The van der Waals surface area contributed by atoms with E-state index in [4.69, 9.17) is 4.74 Å². The van der Waals surface area contributed by atoms with Crippen molar-refractivity contribution in [1.29, 1.82) is 0 Å². The van der Waals surface area contributed by atoms with Crippen LogP contribution >= 0.6 is 0 Å². The first kappa shape index (κ1) is 15.1. The Kier molecular flexibility index (Phi) is 3.17. The van der Waals surface area contributed by atoms with Crippen molar-refractivity contribution in [3.05, 3.63) is 42.0 Å². The van der Waals surface area contributed by atoms with Gasteiger partial charge in [-0.05, 0) is 56.4 Å². The zero-order chi connectivity index (χ0) is 17.1. The highest BCUT2D eigenvalue weighted by molar-refractivity contribution is 6.24. The summed E-state index contributed by atoms with van der Waals surface area (Å²) in [5.74, 6) is -0.603. The van der Waals surface area contributed by atoms with Crippen LogP contribution in [0.3, 0.4) is 0 Å². The molecule has 0 aromatic heterocycles. The lowest BCUT2D eigenvalue weighted by Crippen LogP contribution is -2.37. The van der Waals surface area contributed by atoms with Crippen molar-refractivity contribution in [2.24, 2.45) is 23.2 Å². The first-order valence-corrected chi connectivity index (χ1v) is 8.32. The standard InChI is InChI=1S/C19H19NO4/c1-3-24-17(22)11-5-8-14(9-6-11)20-16(21)15-12-4-7-13(10-12)19(15,2)18(20)23/h4-9,12-13,15H,3,10H2,1-2H3/t12-,13-,15+,19-/m0/s1. The molecule has 5 nitrogen and oxygen atoms in total. The van der Waals surface area contributed by atoms with Crippen molar-refractivity contribution in [2.45, 2.75) is 20.3 Å². The second-order valence-electron chi connectivity index (χ2n) is 6.90. The highest BCUT2D eigenvalue weighted by Crippen LogP contribution is 2.60. The molecule has 2 fully saturated rings. The van der Waals surface area contributed by atoms with Crippen molar-refractivity contribution < 1.29 is 19.1 Å². The highest BCUT2D eigenvalue weighted by Gasteiger charge is 2.67. The maximum atomic E-state index is 13.0. The molecule has 1 aromatic rings. The molecule has 2 aliphatic carbocycles. The summed E-state index contributed by atoms with van der Waals surface area (Å²) in [5.41, 5.74) is 0.303. The van der Waals surface area contributed by atoms with Gasteiger partial charge < -0.3 is 4.74 Å². The molecule has 1 aliphatic heterocycles. The minimum atomic E-state index is -0.629. The molecule has 5 heteroatoms. The molecule has 124 valence electrons. The second kappa shape index (κ2) is 5.03. The van der Waals surface area contributed by atoms with E-state index >= 15 is 0 Å². The van der Waals surface area contributed by atoms with Gasteiger partial charge in [0.1, 0.15) is 0 Å². The fourth-order valence-electron chi connectivity index (χ4n) is 4.51. The van der Waals surface area contributed by atoms with Crippen LogP contribution in [0.2, 0.25) is 0 Å². The van der Waals surface area contributed by atoms with Gasteiger partial charge in [-0.1, -0.05) is 12.2 Å². The van der Waals surface area contributed by atoms with Crippen LogP contribution in [-0.2, 0) is 14.3 Å². The summed E-state index contributed by atoms with van der Waals surface area (Å²) in [7, 11) is 0. The van der Waals surface area contributed by atoms with Gasteiger partial charge in [-0.2, -0.15) is 0 Å². The molecule has 2 bridgehead atoms. The van der Waals surface area contributed by atoms with E-state index in [0.717, 1.165) is 6.42 Å². The fourth-order valence-corrected chi connectivity index (χ4v) is 4.51. The molecule has 0 N–H and O–H groups in total. The van der Waals surface area contributed by atoms with E-state index in [1.807, 2.05) is 6.92 Å². The van der Waals surface area contributed by atoms with Crippen LogP contribution in [0.1, 0.15) is 30.6 Å². The van der Waals surface area contributed by atoms with E-state index in [1.165, 1.54) is 4.90 Å². The van der Waals surface area contributed by atoms with Crippen molar-refractivity contribution in [3.8, 4) is 0 Å². The number of ether oxygens (including phenoxy) is 1. The van der Waals surface area contributed by atoms with Crippen LogP contribution in [0.15, 0.2) is 36.4 Å². The van der Waals surface area contributed by atoms with Crippen LogP contribution in [0, 0.1) is 23.2 Å². The fraction of sp³-hybridized carbons (Fsp3) is 0.421. The van der Waals surface area contributed by atoms with Crippen LogP contribution in [0.25, 0.3) is 0 Å². The highest BCUT2D eigenvalue weighted by atomic mass is 16.5. The molecule has 24 heavy (non-hydrogen) atoms. The predicted molar refractivity (Wildman–Crippen MR) is 87.2 cm³/mol. The van der Waals surface area contributed by atoms with Crippen molar-refractivity contribution >= 4 is 23.5 Å². The molecular weight excluding hydrogens is 306 g/mol. The summed E-state index contributed by atoms with van der Waals surface area (Å²) in [5, 5.41) is 0. The second-order valence-corrected chi connectivity index (χ2v) is 6.90. The van der Waals surface area contributed by atoms with Gasteiger partial charge in [0.05, 0.1) is 29.2 Å². The third-order valence-electron chi connectivity index (χ3n) is 5.75. The number of rotatable bonds is 3. The van der Waals surface area contributed by atoms with E-state index < -0.39 is 11.4 Å². The monoisotopic (exact) mass is 325 g/mol. The molecule has 2 amide bonds. The summed E-state index contributed by atoms with van der Waals surface area (Å²) in [4.78, 5) is 38.9. The number of nitrogens with zero attached hydrogens (tertiary/aromatic N) is 1. The summed E-state index contributed by atoms with van der Waals surface area (Å²) in [6.45, 7) is 3.97. The Hall–Kier alpha value is -2.43. The summed E-state index contributed by atoms with van der Waals surface area (Å²) < 4.78 is 4.95. The van der Waals surface area contributed by atoms with Gasteiger partial charge in [0.15, 0.2) is 0 Å². The van der Waals surface area contributed by atoms with Crippen LogP contribution in [0.5, 0.6) is 0 Å². The molecule has 4 atom stereocenters. The molecule has 1 aromatic carbocycles. The number of imide groups is 1. The lowest BCUT2D eigenvalue weighted by molar-refractivity contribution is -0.127. The van der Waals surface area contributed by atoms with E-state index in [9.17, 15) is 14.4 Å². The van der Waals surface area contributed by atoms with Gasteiger partial charge in [-0.15, -0.1) is 0 Å². The number of esters is 1. The molecule has 0 spiro atoms. The third-order valence-corrected chi connectivity index (χ3v) is 5.75. The van der Waals surface area contributed by atoms with Gasteiger partial charge in [-0.25, -0.2) is 9.69 Å². The van der Waals surface area contributed by atoms with Crippen molar-refractivity contribution in [2.75, 3.05) is 11.5 Å². The summed E-state index contributed by atoms with van der Waals surface area (Å²) >= 11 is 0. The van der Waals surface area contributed by atoms with Gasteiger partial charge in [0.25, 0.3) is 0 Å². The molecule has 1 saturated heterocycles. The number of hydrogen-bond donors (Lipinski definition) is 0. The molecule has 4 rings (SSSR count). The number of anilines is 1. The third kappa shape index (κ3) is 1.78.